The maximum atomic E-state index is 8.99. The third-order valence-corrected chi connectivity index (χ3v) is 3.11. The summed E-state index contributed by atoms with van der Waals surface area (Å²) < 4.78 is 0. The van der Waals surface area contributed by atoms with Crippen LogP contribution in [0.15, 0.2) is 4.99 Å². The Morgan fingerprint density at radius 3 is 2.73 bits per heavy atom. The molecule has 1 rings (SSSR count). The second-order valence-corrected chi connectivity index (χ2v) is 4.21. The summed E-state index contributed by atoms with van der Waals surface area (Å²) in [4.78, 5) is 8.88. The number of rotatable bonds is 4. The average Bonchev–Trinajstić information content (AvgIpc) is 2.56. The van der Waals surface area contributed by atoms with Gasteiger partial charge in [0.05, 0.1) is 29.8 Å². The molecule has 0 fully saturated rings. The summed E-state index contributed by atoms with van der Waals surface area (Å²) in [6.45, 7) is 2.12. The molecule has 0 saturated carbocycles. The monoisotopic (exact) mass is 229 g/mol. The lowest BCUT2D eigenvalue weighted by Gasteiger charge is -2.03. The molecule has 0 spiro atoms. The predicted molar refractivity (Wildman–Crippen MR) is 60.4 cm³/mol. The van der Waals surface area contributed by atoms with Gasteiger partial charge in [0.2, 0.25) is 0 Å². The summed E-state index contributed by atoms with van der Waals surface area (Å²) >= 11 is 1.38. The van der Waals surface area contributed by atoms with E-state index in [1.165, 1.54) is 11.3 Å². The Morgan fingerprint density at radius 2 is 2.27 bits per heavy atom. The molecule has 0 aliphatic rings. The number of thiazole rings is 1. The number of aryl methyl sites for hydroxylation is 1. The molecule has 1 unspecified atom stereocenters. The number of aromatic nitrogens is 1. The van der Waals surface area contributed by atoms with Crippen molar-refractivity contribution in [3.8, 4) is 0 Å². The second kappa shape index (κ2) is 5.06. The molecule has 1 aromatic heterocycles. The van der Waals surface area contributed by atoms with Crippen molar-refractivity contribution in [1.82, 2.24) is 4.98 Å². The summed E-state index contributed by atoms with van der Waals surface area (Å²) in [5.74, 6) is 0.0149. The summed E-state index contributed by atoms with van der Waals surface area (Å²) in [5, 5.41) is 9.73. The Balaban J connectivity index is 2.73. The third kappa shape index (κ3) is 3.15. The van der Waals surface area contributed by atoms with Gasteiger partial charge in [-0.1, -0.05) is 0 Å². The highest BCUT2D eigenvalue weighted by molar-refractivity contribution is 7.11. The molecule has 7 heteroatoms. The minimum absolute atomic E-state index is 0.0149. The summed E-state index contributed by atoms with van der Waals surface area (Å²) in [5.41, 5.74) is 17.0. The molecule has 7 N–H and O–H groups in total. The molecular weight excluding hydrogens is 214 g/mol. The van der Waals surface area contributed by atoms with Crippen LogP contribution in [-0.4, -0.2) is 22.6 Å². The molecule has 0 radical (unpaired) electrons. The second-order valence-electron chi connectivity index (χ2n) is 3.09. The smallest absolute Gasteiger partial charge is 0.185 e. The molecule has 1 heterocycles. The molecule has 0 saturated heterocycles. The predicted octanol–water partition coefficient (Wildman–Crippen LogP) is -0.783. The van der Waals surface area contributed by atoms with Gasteiger partial charge in [-0.25, -0.2) is 4.98 Å². The van der Waals surface area contributed by atoms with E-state index in [-0.39, 0.29) is 18.6 Å². The van der Waals surface area contributed by atoms with Gasteiger partial charge in [0.1, 0.15) is 5.01 Å². The van der Waals surface area contributed by atoms with Crippen LogP contribution in [0.4, 0.5) is 0 Å². The van der Waals surface area contributed by atoms with Crippen molar-refractivity contribution in [1.29, 1.82) is 0 Å². The molecule has 0 aromatic carbocycles. The van der Waals surface area contributed by atoms with Gasteiger partial charge in [-0.2, -0.15) is 0 Å². The lowest BCUT2D eigenvalue weighted by atomic mass is 10.3. The van der Waals surface area contributed by atoms with Crippen molar-refractivity contribution in [3.63, 3.8) is 0 Å². The van der Waals surface area contributed by atoms with Gasteiger partial charge in [-0.05, 0) is 6.92 Å². The number of hydrogen-bond acceptors (Lipinski definition) is 5. The van der Waals surface area contributed by atoms with Crippen molar-refractivity contribution >= 4 is 17.3 Å². The Kier molecular flexibility index (Phi) is 4.01. The van der Waals surface area contributed by atoms with Gasteiger partial charge in [0.15, 0.2) is 5.96 Å². The van der Waals surface area contributed by atoms with Crippen molar-refractivity contribution in [2.75, 3.05) is 6.54 Å². The number of nitrogens with two attached hydrogens (primary N) is 3. The standard InChI is InChI=1S/C8H15N5OS/c1-4-6(3-14)15-7(13-4)5(9)2-12-8(10)11/h5,14H,2-3,9H2,1H3,(H4,10,11,12). The van der Waals surface area contributed by atoms with E-state index in [0.717, 1.165) is 15.6 Å². The van der Waals surface area contributed by atoms with Crippen molar-refractivity contribution < 1.29 is 5.11 Å². The van der Waals surface area contributed by atoms with Crippen LogP contribution in [0.2, 0.25) is 0 Å². The van der Waals surface area contributed by atoms with Crippen LogP contribution in [0.1, 0.15) is 21.6 Å². The summed E-state index contributed by atoms with van der Waals surface area (Å²) in [6.07, 6.45) is 0. The van der Waals surface area contributed by atoms with Gasteiger partial charge < -0.3 is 22.3 Å². The molecule has 15 heavy (non-hydrogen) atoms. The molecule has 84 valence electrons. The van der Waals surface area contributed by atoms with E-state index in [9.17, 15) is 0 Å². The van der Waals surface area contributed by atoms with Gasteiger partial charge in [-0.3, -0.25) is 4.99 Å². The SMILES string of the molecule is Cc1nc(C(N)CN=C(N)N)sc1CO. The first-order valence-electron chi connectivity index (χ1n) is 4.42. The molecule has 0 aliphatic carbocycles. The zero-order valence-corrected chi connectivity index (χ0v) is 9.29. The zero-order chi connectivity index (χ0) is 11.4. The van der Waals surface area contributed by atoms with Crippen LogP contribution in [0, 0.1) is 6.92 Å². The minimum Gasteiger partial charge on any atom is -0.391 e. The number of hydrogen-bond donors (Lipinski definition) is 4. The number of nitrogens with zero attached hydrogens (tertiary/aromatic N) is 2. The van der Waals surface area contributed by atoms with Crippen LogP contribution >= 0.6 is 11.3 Å². The highest BCUT2D eigenvalue weighted by atomic mass is 32.1. The number of guanidine groups is 1. The molecule has 0 amide bonds. The number of aliphatic imine (C=N–C) groups is 1. The lowest BCUT2D eigenvalue weighted by molar-refractivity contribution is 0.284. The highest BCUT2D eigenvalue weighted by Gasteiger charge is 2.13. The third-order valence-electron chi connectivity index (χ3n) is 1.84. The molecule has 0 aliphatic heterocycles. The maximum absolute atomic E-state index is 8.99. The molecule has 1 aromatic rings. The van der Waals surface area contributed by atoms with Crippen molar-refractivity contribution in [3.05, 3.63) is 15.6 Å². The first kappa shape index (κ1) is 11.9. The summed E-state index contributed by atoms with van der Waals surface area (Å²) in [7, 11) is 0. The van der Waals surface area contributed by atoms with Crippen molar-refractivity contribution in [2.45, 2.75) is 19.6 Å². The normalized spacial score (nSPS) is 12.5. The molecule has 6 nitrogen and oxygen atoms in total. The summed E-state index contributed by atoms with van der Waals surface area (Å²) in [6, 6.07) is -0.323. The van der Waals surface area contributed by atoms with Crippen LogP contribution in [0.3, 0.4) is 0 Å². The van der Waals surface area contributed by atoms with Gasteiger partial charge in [-0.15, -0.1) is 11.3 Å². The van der Waals surface area contributed by atoms with E-state index in [4.69, 9.17) is 22.3 Å². The van der Waals surface area contributed by atoms with E-state index in [1.54, 1.807) is 0 Å². The number of aliphatic hydroxyl groups excluding tert-OH is 1. The Bertz CT molecular complexity index is 358. The largest absolute Gasteiger partial charge is 0.391 e. The maximum Gasteiger partial charge on any atom is 0.185 e. The topological polar surface area (TPSA) is 124 Å². The minimum atomic E-state index is -0.323. The average molecular weight is 229 g/mol. The quantitative estimate of drug-likeness (QED) is 0.398. The Hall–Kier alpha value is -1.18. The van der Waals surface area contributed by atoms with Gasteiger partial charge >= 0.3 is 0 Å². The zero-order valence-electron chi connectivity index (χ0n) is 8.47. The van der Waals surface area contributed by atoms with Crippen molar-refractivity contribution in [2.24, 2.45) is 22.2 Å². The fourth-order valence-electron chi connectivity index (χ4n) is 1.04. The van der Waals surface area contributed by atoms with Crippen LogP contribution in [0.25, 0.3) is 0 Å². The van der Waals surface area contributed by atoms with Crippen LogP contribution in [-0.2, 0) is 6.61 Å². The van der Waals surface area contributed by atoms with E-state index in [2.05, 4.69) is 9.98 Å². The number of aliphatic hydroxyl groups is 1. The lowest BCUT2D eigenvalue weighted by Crippen LogP contribution is -2.25. The van der Waals surface area contributed by atoms with E-state index in [0.29, 0.717) is 6.54 Å². The van der Waals surface area contributed by atoms with E-state index in [1.807, 2.05) is 6.92 Å². The van der Waals surface area contributed by atoms with E-state index < -0.39 is 0 Å². The van der Waals surface area contributed by atoms with E-state index >= 15 is 0 Å². The highest BCUT2D eigenvalue weighted by Crippen LogP contribution is 2.22. The first-order valence-corrected chi connectivity index (χ1v) is 5.24. The van der Waals surface area contributed by atoms with Gasteiger partial charge in [0, 0.05) is 0 Å². The van der Waals surface area contributed by atoms with Crippen LogP contribution in [0.5, 0.6) is 0 Å². The molecule has 1 atom stereocenters. The Morgan fingerprint density at radius 1 is 1.60 bits per heavy atom. The van der Waals surface area contributed by atoms with Crippen LogP contribution < -0.4 is 17.2 Å². The molecular formula is C8H15N5OS. The first-order chi connectivity index (χ1) is 7.04. The fraction of sp³-hybridized carbons (Fsp3) is 0.500. The van der Waals surface area contributed by atoms with Gasteiger partial charge in [0.25, 0.3) is 0 Å². The fourth-order valence-corrected chi connectivity index (χ4v) is 1.96. The molecule has 0 bridgehead atoms. The Labute approximate surface area is 91.8 Å².